The SMILES string of the molecule is CN1CCN(c2ccc(Nc3ccc4ncc(=O)n(-c5ccc(N)cc5)c4n3)cc2)CC1. The van der Waals surface area contributed by atoms with E-state index in [0.717, 1.165) is 31.9 Å². The molecule has 0 unspecified atom stereocenters. The molecule has 162 valence electrons. The molecule has 32 heavy (non-hydrogen) atoms. The van der Waals surface area contributed by atoms with Gasteiger partial charge in [-0.05, 0) is 67.7 Å². The van der Waals surface area contributed by atoms with Gasteiger partial charge in [0, 0.05) is 43.2 Å². The van der Waals surface area contributed by atoms with Crippen molar-refractivity contribution in [3.63, 3.8) is 0 Å². The molecule has 1 fully saturated rings. The van der Waals surface area contributed by atoms with Crippen molar-refractivity contribution < 1.29 is 0 Å². The van der Waals surface area contributed by atoms with Gasteiger partial charge in [-0.3, -0.25) is 9.36 Å². The molecule has 0 saturated carbocycles. The summed E-state index contributed by atoms with van der Waals surface area (Å²) in [4.78, 5) is 26.3. The molecule has 3 N–H and O–H groups in total. The molecule has 3 heterocycles. The van der Waals surface area contributed by atoms with Crippen molar-refractivity contribution in [1.29, 1.82) is 0 Å². The number of nitrogens with one attached hydrogen (secondary N) is 1. The van der Waals surface area contributed by atoms with Crippen LogP contribution in [0.4, 0.5) is 22.9 Å². The minimum Gasteiger partial charge on any atom is -0.399 e. The van der Waals surface area contributed by atoms with E-state index in [1.165, 1.54) is 11.9 Å². The number of nitrogens with zero attached hydrogens (tertiary/aromatic N) is 5. The molecule has 1 saturated heterocycles. The van der Waals surface area contributed by atoms with Crippen LogP contribution in [0.2, 0.25) is 0 Å². The van der Waals surface area contributed by atoms with Crippen LogP contribution in [-0.4, -0.2) is 52.7 Å². The predicted octanol–water partition coefficient (Wildman–Crippen LogP) is 2.86. The zero-order valence-electron chi connectivity index (χ0n) is 17.9. The number of nitrogen functional groups attached to an aromatic ring is 1. The van der Waals surface area contributed by atoms with Crippen LogP contribution < -0.4 is 21.5 Å². The molecule has 1 aliphatic rings. The average Bonchev–Trinajstić information content (AvgIpc) is 2.81. The Morgan fingerprint density at radius 2 is 1.56 bits per heavy atom. The molecule has 0 radical (unpaired) electrons. The van der Waals surface area contributed by atoms with E-state index < -0.39 is 0 Å². The van der Waals surface area contributed by atoms with E-state index in [4.69, 9.17) is 10.7 Å². The number of hydrogen-bond donors (Lipinski definition) is 2. The number of benzene rings is 2. The van der Waals surface area contributed by atoms with Gasteiger partial charge in [-0.1, -0.05) is 0 Å². The van der Waals surface area contributed by atoms with E-state index in [-0.39, 0.29) is 5.56 Å². The normalized spacial score (nSPS) is 14.6. The second-order valence-corrected chi connectivity index (χ2v) is 8.02. The first kappa shape index (κ1) is 20.0. The lowest BCUT2D eigenvalue weighted by atomic mass is 10.2. The third-order valence-corrected chi connectivity index (χ3v) is 5.76. The number of pyridine rings is 1. The number of rotatable bonds is 4. The summed E-state index contributed by atoms with van der Waals surface area (Å²) in [5.41, 5.74) is 10.2. The van der Waals surface area contributed by atoms with E-state index in [1.807, 2.05) is 12.1 Å². The van der Waals surface area contributed by atoms with Crippen LogP contribution in [0.15, 0.2) is 71.7 Å². The second-order valence-electron chi connectivity index (χ2n) is 8.02. The van der Waals surface area contributed by atoms with E-state index >= 15 is 0 Å². The summed E-state index contributed by atoms with van der Waals surface area (Å²) in [6.07, 6.45) is 1.31. The number of nitrogens with two attached hydrogens (primary N) is 1. The molecule has 0 amide bonds. The maximum absolute atomic E-state index is 12.6. The zero-order chi connectivity index (χ0) is 22.1. The predicted molar refractivity (Wildman–Crippen MR) is 129 cm³/mol. The van der Waals surface area contributed by atoms with Crippen molar-refractivity contribution in [2.75, 3.05) is 49.2 Å². The first-order valence-corrected chi connectivity index (χ1v) is 10.6. The summed E-state index contributed by atoms with van der Waals surface area (Å²) >= 11 is 0. The molecule has 2 aromatic carbocycles. The Labute approximate surface area is 185 Å². The van der Waals surface area contributed by atoms with Crippen LogP contribution in [0.25, 0.3) is 16.9 Å². The minimum absolute atomic E-state index is 0.247. The molecule has 4 aromatic rings. The molecule has 0 aliphatic carbocycles. The summed E-state index contributed by atoms with van der Waals surface area (Å²) in [6, 6.07) is 19.2. The van der Waals surface area contributed by atoms with Crippen LogP contribution >= 0.6 is 0 Å². The summed E-state index contributed by atoms with van der Waals surface area (Å²) in [5, 5.41) is 3.34. The fourth-order valence-electron chi connectivity index (χ4n) is 3.90. The van der Waals surface area contributed by atoms with Gasteiger partial charge in [0.1, 0.15) is 11.3 Å². The summed E-state index contributed by atoms with van der Waals surface area (Å²) in [7, 11) is 2.16. The van der Waals surface area contributed by atoms with Crippen molar-refractivity contribution in [2.24, 2.45) is 0 Å². The highest BCUT2D eigenvalue weighted by molar-refractivity contribution is 5.75. The number of aromatic nitrogens is 3. The Bertz CT molecular complexity index is 1290. The van der Waals surface area contributed by atoms with Crippen molar-refractivity contribution in [3.05, 3.63) is 77.2 Å². The molecule has 8 nitrogen and oxygen atoms in total. The van der Waals surface area contributed by atoms with Crippen molar-refractivity contribution in [1.82, 2.24) is 19.4 Å². The molecule has 5 rings (SSSR count). The molecule has 0 atom stereocenters. The highest BCUT2D eigenvalue weighted by Crippen LogP contribution is 2.23. The van der Waals surface area contributed by atoms with Gasteiger partial charge in [0.15, 0.2) is 5.65 Å². The largest absolute Gasteiger partial charge is 0.399 e. The smallest absolute Gasteiger partial charge is 0.275 e. The third-order valence-electron chi connectivity index (χ3n) is 5.76. The van der Waals surface area contributed by atoms with Gasteiger partial charge in [-0.2, -0.15) is 0 Å². The lowest BCUT2D eigenvalue weighted by Crippen LogP contribution is -2.44. The highest BCUT2D eigenvalue weighted by atomic mass is 16.1. The maximum Gasteiger partial charge on any atom is 0.275 e. The van der Waals surface area contributed by atoms with Crippen LogP contribution in [0.3, 0.4) is 0 Å². The lowest BCUT2D eigenvalue weighted by molar-refractivity contribution is 0.313. The Hall–Kier alpha value is -3.91. The Morgan fingerprint density at radius 1 is 0.875 bits per heavy atom. The summed E-state index contributed by atoms with van der Waals surface area (Å²) in [5.74, 6) is 0.640. The molecule has 1 aliphatic heterocycles. The van der Waals surface area contributed by atoms with Crippen molar-refractivity contribution in [2.45, 2.75) is 0 Å². The Balaban J connectivity index is 1.43. The summed E-state index contributed by atoms with van der Waals surface area (Å²) in [6.45, 7) is 4.21. The highest BCUT2D eigenvalue weighted by Gasteiger charge is 2.14. The number of anilines is 4. The number of hydrogen-bond acceptors (Lipinski definition) is 7. The molecular weight excluding hydrogens is 402 g/mol. The van der Waals surface area contributed by atoms with E-state index in [2.05, 4.69) is 51.4 Å². The quantitative estimate of drug-likeness (QED) is 0.484. The topological polar surface area (TPSA) is 92.3 Å². The third kappa shape index (κ3) is 4.00. The molecular formula is C24H25N7O. The molecule has 0 bridgehead atoms. The monoisotopic (exact) mass is 427 g/mol. The average molecular weight is 428 g/mol. The number of fused-ring (bicyclic) bond motifs is 1. The van der Waals surface area contributed by atoms with Crippen molar-refractivity contribution in [3.8, 4) is 5.69 Å². The first-order valence-electron chi connectivity index (χ1n) is 10.6. The van der Waals surface area contributed by atoms with E-state index in [9.17, 15) is 4.79 Å². The fourth-order valence-corrected chi connectivity index (χ4v) is 3.90. The molecule has 8 heteroatoms. The molecule has 0 spiro atoms. The van der Waals surface area contributed by atoms with Gasteiger partial charge in [-0.25, -0.2) is 9.97 Å². The first-order chi connectivity index (χ1) is 15.6. The van der Waals surface area contributed by atoms with Gasteiger partial charge in [-0.15, -0.1) is 0 Å². The Morgan fingerprint density at radius 3 is 2.28 bits per heavy atom. The van der Waals surface area contributed by atoms with Gasteiger partial charge in [0.25, 0.3) is 5.56 Å². The van der Waals surface area contributed by atoms with Crippen LogP contribution in [0.1, 0.15) is 0 Å². The lowest BCUT2D eigenvalue weighted by Gasteiger charge is -2.34. The minimum atomic E-state index is -0.247. The van der Waals surface area contributed by atoms with E-state index in [0.29, 0.717) is 28.4 Å². The van der Waals surface area contributed by atoms with Crippen LogP contribution in [0.5, 0.6) is 0 Å². The van der Waals surface area contributed by atoms with Gasteiger partial charge < -0.3 is 20.9 Å². The van der Waals surface area contributed by atoms with Gasteiger partial charge >= 0.3 is 0 Å². The van der Waals surface area contributed by atoms with Crippen molar-refractivity contribution >= 4 is 34.0 Å². The number of likely N-dealkylation sites (N-methyl/N-ethyl adjacent to an activating group) is 1. The molecule has 2 aromatic heterocycles. The fraction of sp³-hybridized carbons (Fsp3) is 0.208. The van der Waals surface area contributed by atoms with Gasteiger partial charge in [0.2, 0.25) is 0 Å². The maximum atomic E-state index is 12.6. The standard InChI is InChI=1S/C24H25N7O/c1-29-12-14-30(15-13-29)19-8-4-18(5-9-19)27-22-11-10-21-24(28-22)31(23(32)16-26-21)20-6-2-17(25)3-7-20/h2-11,16H,12-15,25H2,1H3,(H,27,28). The zero-order valence-corrected chi connectivity index (χ0v) is 17.9. The summed E-state index contributed by atoms with van der Waals surface area (Å²) < 4.78 is 1.55. The van der Waals surface area contributed by atoms with Crippen LogP contribution in [-0.2, 0) is 0 Å². The second kappa shape index (κ2) is 8.32. The van der Waals surface area contributed by atoms with E-state index in [1.54, 1.807) is 28.8 Å². The van der Waals surface area contributed by atoms with Gasteiger partial charge in [0.05, 0.1) is 11.9 Å². The Kier molecular flexibility index (Phi) is 5.20. The number of piperazine rings is 1. The van der Waals surface area contributed by atoms with Crippen LogP contribution in [0, 0.1) is 0 Å².